The number of hydrogen-bond acceptors (Lipinski definition) is 2. The van der Waals surface area contributed by atoms with Gasteiger partial charge in [-0.15, -0.1) is 0 Å². The van der Waals surface area contributed by atoms with Gasteiger partial charge < -0.3 is 15.2 Å². The predicted molar refractivity (Wildman–Crippen MR) is 53.6 cm³/mol. The zero-order chi connectivity index (χ0) is 9.97. The molecule has 14 heavy (non-hydrogen) atoms. The van der Waals surface area contributed by atoms with Crippen LogP contribution in [0.4, 0.5) is 0 Å². The molecule has 2 heterocycles. The molecule has 0 unspecified atom stereocenters. The van der Waals surface area contributed by atoms with E-state index in [1.165, 1.54) is 0 Å². The van der Waals surface area contributed by atoms with E-state index in [4.69, 9.17) is 0 Å². The maximum atomic E-state index is 11.4. The Hall–Kier alpha value is -1.29. The van der Waals surface area contributed by atoms with E-state index in [9.17, 15) is 4.79 Å². The van der Waals surface area contributed by atoms with E-state index in [0.717, 1.165) is 18.7 Å². The van der Waals surface area contributed by atoms with Crippen molar-refractivity contribution >= 4 is 5.91 Å². The normalized spacial score (nSPS) is 16.4. The first-order valence-corrected chi connectivity index (χ1v) is 4.85. The highest BCUT2D eigenvalue weighted by atomic mass is 16.2. The van der Waals surface area contributed by atoms with Gasteiger partial charge in [0.1, 0.15) is 0 Å². The molecule has 1 amide bonds. The van der Waals surface area contributed by atoms with E-state index < -0.39 is 0 Å². The Morgan fingerprint density at radius 2 is 2.50 bits per heavy atom. The van der Waals surface area contributed by atoms with Gasteiger partial charge in [0.05, 0.1) is 5.92 Å². The summed E-state index contributed by atoms with van der Waals surface area (Å²) in [4.78, 5) is 11.4. The average molecular weight is 193 g/mol. The lowest BCUT2D eigenvalue weighted by molar-refractivity contribution is -0.126. The minimum absolute atomic E-state index is 0.160. The van der Waals surface area contributed by atoms with Crippen molar-refractivity contribution < 1.29 is 4.79 Å². The molecule has 4 nitrogen and oxygen atoms in total. The molecule has 0 atom stereocenters. The van der Waals surface area contributed by atoms with Crippen molar-refractivity contribution in [2.45, 2.75) is 6.54 Å². The van der Waals surface area contributed by atoms with Gasteiger partial charge >= 0.3 is 0 Å². The largest absolute Gasteiger partial charge is 0.357 e. The maximum absolute atomic E-state index is 11.4. The van der Waals surface area contributed by atoms with Gasteiger partial charge in [-0.1, -0.05) is 0 Å². The summed E-state index contributed by atoms with van der Waals surface area (Å²) in [6, 6.07) is 2.01. The summed E-state index contributed by atoms with van der Waals surface area (Å²) >= 11 is 0. The number of nitrogens with one attached hydrogen (secondary N) is 2. The van der Waals surface area contributed by atoms with E-state index in [2.05, 4.69) is 10.6 Å². The Morgan fingerprint density at radius 3 is 3.00 bits per heavy atom. The van der Waals surface area contributed by atoms with Crippen molar-refractivity contribution in [3.05, 3.63) is 24.0 Å². The number of aromatic nitrogens is 1. The Labute approximate surface area is 83.3 Å². The molecule has 1 aliphatic rings. The minimum Gasteiger partial charge on any atom is -0.357 e. The third-order valence-electron chi connectivity index (χ3n) is 2.51. The third-order valence-corrected chi connectivity index (χ3v) is 2.51. The predicted octanol–water partition coefficient (Wildman–Crippen LogP) is -0.139. The number of aryl methyl sites for hydroxylation is 1. The molecule has 0 radical (unpaired) electrons. The van der Waals surface area contributed by atoms with Crippen molar-refractivity contribution in [1.82, 2.24) is 15.2 Å². The van der Waals surface area contributed by atoms with E-state index in [0.29, 0.717) is 6.54 Å². The van der Waals surface area contributed by atoms with Crippen LogP contribution >= 0.6 is 0 Å². The maximum Gasteiger partial charge on any atom is 0.225 e. The molecule has 4 heteroatoms. The fourth-order valence-corrected chi connectivity index (χ4v) is 1.47. The molecule has 1 fully saturated rings. The Morgan fingerprint density at radius 1 is 1.71 bits per heavy atom. The second-order valence-electron chi connectivity index (χ2n) is 3.76. The smallest absolute Gasteiger partial charge is 0.225 e. The van der Waals surface area contributed by atoms with Crippen LogP contribution in [0.1, 0.15) is 5.56 Å². The Kier molecular flexibility index (Phi) is 2.54. The summed E-state index contributed by atoms with van der Waals surface area (Å²) < 4.78 is 1.98. The molecule has 0 bridgehead atoms. The lowest BCUT2D eigenvalue weighted by atomic mass is 10.0. The molecule has 0 saturated carbocycles. The van der Waals surface area contributed by atoms with E-state index in [-0.39, 0.29) is 11.8 Å². The van der Waals surface area contributed by atoms with Crippen molar-refractivity contribution in [3.63, 3.8) is 0 Å². The Bertz CT molecular complexity index is 328. The van der Waals surface area contributed by atoms with Crippen molar-refractivity contribution in [2.24, 2.45) is 13.0 Å². The van der Waals surface area contributed by atoms with Crippen LogP contribution in [-0.4, -0.2) is 23.6 Å². The highest BCUT2D eigenvalue weighted by Crippen LogP contribution is 2.04. The summed E-state index contributed by atoms with van der Waals surface area (Å²) in [6.07, 6.45) is 3.99. The molecule has 0 aliphatic carbocycles. The molecule has 1 aliphatic heterocycles. The van der Waals surface area contributed by atoms with E-state index in [1.54, 1.807) is 0 Å². The number of carbonyl (C=O) groups is 1. The second-order valence-corrected chi connectivity index (χ2v) is 3.76. The number of amides is 1. The summed E-state index contributed by atoms with van der Waals surface area (Å²) in [6.45, 7) is 2.28. The SMILES string of the molecule is Cn1ccc(CNC(=O)C2CNC2)c1. The fraction of sp³-hybridized carbons (Fsp3) is 0.500. The van der Waals surface area contributed by atoms with Gasteiger partial charge in [-0.05, 0) is 11.6 Å². The highest BCUT2D eigenvalue weighted by Gasteiger charge is 2.24. The van der Waals surface area contributed by atoms with Gasteiger partial charge in [0.2, 0.25) is 5.91 Å². The van der Waals surface area contributed by atoms with Crippen LogP contribution in [0.3, 0.4) is 0 Å². The zero-order valence-corrected chi connectivity index (χ0v) is 8.29. The molecular formula is C10H15N3O. The quantitative estimate of drug-likeness (QED) is 0.702. The molecule has 76 valence electrons. The van der Waals surface area contributed by atoms with Crippen LogP contribution in [0, 0.1) is 5.92 Å². The fourth-order valence-electron chi connectivity index (χ4n) is 1.47. The molecular weight excluding hydrogens is 178 g/mol. The van der Waals surface area contributed by atoms with E-state index >= 15 is 0 Å². The number of rotatable bonds is 3. The van der Waals surface area contributed by atoms with Crippen LogP contribution in [0.2, 0.25) is 0 Å². The van der Waals surface area contributed by atoms with Gasteiger partial charge in [-0.25, -0.2) is 0 Å². The molecule has 2 rings (SSSR count). The summed E-state index contributed by atoms with van der Waals surface area (Å²) in [5.74, 6) is 0.339. The van der Waals surface area contributed by atoms with Crippen molar-refractivity contribution in [1.29, 1.82) is 0 Å². The van der Waals surface area contributed by atoms with Crippen molar-refractivity contribution in [2.75, 3.05) is 13.1 Å². The van der Waals surface area contributed by atoms with Crippen LogP contribution in [-0.2, 0) is 18.4 Å². The number of nitrogens with zero attached hydrogens (tertiary/aromatic N) is 1. The average Bonchev–Trinajstić information content (AvgIpc) is 2.45. The van der Waals surface area contributed by atoms with Gasteiger partial charge in [-0.2, -0.15) is 0 Å². The molecule has 0 aromatic carbocycles. The minimum atomic E-state index is 0.160. The standard InChI is InChI=1S/C10H15N3O/c1-13-3-2-8(7-13)4-12-10(14)9-5-11-6-9/h2-3,7,9,11H,4-6H2,1H3,(H,12,14). The molecule has 1 saturated heterocycles. The van der Waals surface area contributed by atoms with Crippen LogP contribution in [0.25, 0.3) is 0 Å². The monoisotopic (exact) mass is 193 g/mol. The number of hydrogen-bond donors (Lipinski definition) is 2. The third kappa shape index (κ3) is 1.96. The zero-order valence-electron chi connectivity index (χ0n) is 8.29. The first kappa shape index (κ1) is 9.27. The lowest BCUT2D eigenvalue weighted by Gasteiger charge is -2.25. The van der Waals surface area contributed by atoms with Crippen molar-refractivity contribution in [3.8, 4) is 0 Å². The molecule has 1 aromatic rings. The van der Waals surface area contributed by atoms with Crippen LogP contribution in [0.15, 0.2) is 18.5 Å². The lowest BCUT2D eigenvalue weighted by Crippen LogP contribution is -2.50. The highest BCUT2D eigenvalue weighted by molar-refractivity contribution is 5.79. The van der Waals surface area contributed by atoms with Gasteiger partial charge in [0.15, 0.2) is 0 Å². The second kappa shape index (κ2) is 3.84. The molecule has 2 N–H and O–H groups in total. The van der Waals surface area contributed by atoms with Crippen LogP contribution < -0.4 is 10.6 Å². The van der Waals surface area contributed by atoms with Gasteiger partial charge in [0.25, 0.3) is 0 Å². The van der Waals surface area contributed by atoms with Gasteiger partial charge in [-0.3, -0.25) is 4.79 Å². The first-order valence-electron chi connectivity index (χ1n) is 4.85. The Balaban J connectivity index is 1.79. The summed E-state index contributed by atoms with van der Waals surface area (Å²) in [7, 11) is 1.97. The molecule has 0 spiro atoms. The number of carbonyl (C=O) groups excluding carboxylic acids is 1. The van der Waals surface area contributed by atoms with Gasteiger partial charge in [0, 0.05) is 39.1 Å². The summed E-state index contributed by atoms with van der Waals surface area (Å²) in [5, 5.41) is 6.00. The van der Waals surface area contributed by atoms with E-state index in [1.807, 2.05) is 30.1 Å². The first-order chi connectivity index (χ1) is 6.75. The topological polar surface area (TPSA) is 46.1 Å². The summed E-state index contributed by atoms with van der Waals surface area (Å²) in [5.41, 5.74) is 1.15. The molecule has 1 aromatic heterocycles. The van der Waals surface area contributed by atoms with Crippen LogP contribution in [0.5, 0.6) is 0 Å².